The van der Waals surface area contributed by atoms with E-state index in [9.17, 15) is 4.39 Å². The van der Waals surface area contributed by atoms with Crippen LogP contribution < -0.4 is 4.74 Å². The Labute approximate surface area is 89.3 Å². The molecule has 14 heavy (non-hydrogen) atoms. The number of rotatable bonds is 4. The zero-order valence-corrected chi connectivity index (χ0v) is 8.87. The lowest BCUT2D eigenvalue weighted by Gasteiger charge is -2.10. The maximum atomic E-state index is 12.6. The van der Waals surface area contributed by atoms with Gasteiger partial charge in [0.15, 0.2) is 0 Å². The molecule has 1 atom stereocenters. The third-order valence-electron chi connectivity index (χ3n) is 1.54. The van der Waals surface area contributed by atoms with E-state index in [1.807, 2.05) is 0 Å². The third-order valence-corrected chi connectivity index (χ3v) is 2.16. The van der Waals surface area contributed by atoms with Crippen LogP contribution in [0.15, 0.2) is 22.7 Å². The molecular weight excluding hydrogens is 255 g/mol. The first-order valence-electron chi connectivity index (χ1n) is 4.00. The second-order valence-corrected chi connectivity index (χ2v) is 3.58. The van der Waals surface area contributed by atoms with Gasteiger partial charge in [-0.2, -0.15) is 0 Å². The van der Waals surface area contributed by atoms with Gasteiger partial charge in [0, 0.05) is 0 Å². The summed E-state index contributed by atoms with van der Waals surface area (Å²) in [5.41, 5.74) is 0. The number of hydrogen-bond donors (Lipinski definition) is 2. The molecule has 0 bridgehead atoms. The van der Waals surface area contributed by atoms with Crippen molar-refractivity contribution >= 4 is 15.9 Å². The summed E-state index contributed by atoms with van der Waals surface area (Å²) in [7, 11) is 0. The molecule has 3 nitrogen and oxygen atoms in total. The van der Waals surface area contributed by atoms with Crippen LogP contribution in [0.3, 0.4) is 0 Å². The van der Waals surface area contributed by atoms with Crippen LogP contribution >= 0.6 is 15.9 Å². The minimum absolute atomic E-state index is 0.0271. The van der Waals surface area contributed by atoms with Crippen LogP contribution in [0.4, 0.5) is 4.39 Å². The van der Waals surface area contributed by atoms with E-state index in [-0.39, 0.29) is 19.0 Å². The molecule has 0 aliphatic rings. The Morgan fingerprint density at radius 2 is 2.21 bits per heavy atom. The highest BCUT2D eigenvalue weighted by Gasteiger charge is 2.06. The van der Waals surface area contributed by atoms with E-state index in [1.165, 1.54) is 18.2 Å². The van der Waals surface area contributed by atoms with Crippen molar-refractivity contribution < 1.29 is 19.3 Å². The summed E-state index contributed by atoms with van der Waals surface area (Å²) in [6, 6.07) is 3.97. The number of hydrogen-bond acceptors (Lipinski definition) is 3. The van der Waals surface area contributed by atoms with Gasteiger partial charge in [-0.05, 0) is 34.1 Å². The Balaban J connectivity index is 2.59. The molecule has 1 unspecified atom stereocenters. The average Bonchev–Trinajstić information content (AvgIpc) is 2.16. The van der Waals surface area contributed by atoms with Crippen LogP contribution in [0.25, 0.3) is 0 Å². The van der Waals surface area contributed by atoms with E-state index in [2.05, 4.69) is 15.9 Å². The van der Waals surface area contributed by atoms with Crippen LogP contribution in [0.1, 0.15) is 0 Å². The van der Waals surface area contributed by atoms with Gasteiger partial charge >= 0.3 is 0 Å². The quantitative estimate of drug-likeness (QED) is 0.863. The zero-order valence-electron chi connectivity index (χ0n) is 7.28. The minimum Gasteiger partial charge on any atom is -0.490 e. The SMILES string of the molecule is OCC(O)COc1ccc(F)cc1Br. The van der Waals surface area contributed by atoms with Gasteiger partial charge in [-0.15, -0.1) is 0 Å². The molecule has 1 aromatic rings. The standard InChI is InChI=1S/C9H10BrFO3/c10-8-3-6(11)1-2-9(8)14-5-7(13)4-12/h1-3,7,12-13H,4-5H2. The lowest BCUT2D eigenvalue weighted by atomic mass is 10.3. The first kappa shape index (κ1) is 11.4. The molecule has 2 N–H and O–H groups in total. The maximum Gasteiger partial charge on any atom is 0.133 e. The second kappa shape index (κ2) is 5.29. The minimum atomic E-state index is -0.924. The van der Waals surface area contributed by atoms with Crippen molar-refractivity contribution in [3.8, 4) is 5.75 Å². The Bertz CT molecular complexity index is 306. The normalized spacial score (nSPS) is 12.6. The Morgan fingerprint density at radius 1 is 1.50 bits per heavy atom. The van der Waals surface area contributed by atoms with Gasteiger partial charge in [0.05, 0.1) is 11.1 Å². The smallest absolute Gasteiger partial charge is 0.133 e. The van der Waals surface area contributed by atoms with Crippen molar-refractivity contribution in [2.24, 2.45) is 0 Å². The fraction of sp³-hybridized carbons (Fsp3) is 0.333. The van der Waals surface area contributed by atoms with E-state index in [0.717, 1.165) is 0 Å². The van der Waals surface area contributed by atoms with Gasteiger partial charge < -0.3 is 14.9 Å². The van der Waals surface area contributed by atoms with E-state index in [0.29, 0.717) is 10.2 Å². The zero-order chi connectivity index (χ0) is 10.6. The van der Waals surface area contributed by atoms with E-state index < -0.39 is 6.10 Å². The second-order valence-electron chi connectivity index (χ2n) is 2.72. The molecule has 0 aliphatic heterocycles. The van der Waals surface area contributed by atoms with E-state index in [1.54, 1.807) is 0 Å². The van der Waals surface area contributed by atoms with Gasteiger partial charge in [-0.1, -0.05) is 0 Å². The predicted octanol–water partition coefficient (Wildman–Crippen LogP) is 1.32. The van der Waals surface area contributed by atoms with Crippen molar-refractivity contribution in [2.75, 3.05) is 13.2 Å². The van der Waals surface area contributed by atoms with Crippen molar-refractivity contribution in [3.05, 3.63) is 28.5 Å². The highest BCUT2D eigenvalue weighted by Crippen LogP contribution is 2.25. The summed E-state index contributed by atoms with van der Waals surface area (Å²) < 4.78 is 18.2. The highest BCUT2D eigenvalue weighted by atomic mass is 79.9. The number of aliphatic hydroxyl groups is 2. The molecule has 0 radical (unpaired) electrons. The first-order chi connectivity index (χ1) is 6.63. The van der Waals surface area contributed by atoms with Gasteiger partial charge in [0.25, 0.3) is 0 Å². The Morgan fingerprint density at radius 3 is 2.79 bits per heavy atom. The van der Waals surface area contributed by atoms with Crippen LogP contribution in [-0.2, 0) is 0 Å². The molecule has 0 aliphatic carbocycles. The lowest BCUT2D eigenvalue weighted by Crippen LogP contribution is -2.21. The third kappa shape index (κ3) is 3.25. The molecule has 0 amide bonds. The Kier molecular flexibility index (Phi) is 4.31. The average molecular weight is 265 g/mol. The van der Waals surface area contributed by atoms with Crippen LogP contribution in [0, 0.1) is 5.82 Å². The van der Waals surface area contributed by atoms with Crippen molar-refractivity contribution in [2.45, 2.75) is 6.10 Å². The fourth-order valence-electron chi connectivity index (χ4n) is 0.831. The summed E-state index contributed by atoms with van der Waals surface area (Å²) in [6.07, 6.45) is -0.924. The lowest BCUT2D eigenvalue weighted by molar-refractivity contribution is 0.0533. The molecule has 0 heterocycles. The molecule has 0 saturated heterocycles. The summed E-state index contributed by atoms with van der Waals surface area (Å²) in [6.45, 7) is -0.389. The maximum absolute atomic E-state index is 12.6. The molecule has 0 aromatic heterocycles. The molecule has 0 saturated carbocycles. The largest absolute Gasteiger partial charge is 0.490 e. The molecule has 0 fully saturated rings. The molecule has 0 spiro atoms. The molecule has 5 heteroatoms. The van der Waals surface area contributed by atoms with Crippen LogP contribution in [0.2, 0.25) is 0 Å². The van der Waals surface area contributed by atoms with Gasteiger partial charge in [-0.3, -0.25) is 0 Å². The van der Waals surface area contributed by atoms with Crippen molar-refractivity contribution in [3.63, 3.8) is 0 Å². The molecular formula is C9H10BrFO3. The molecule has 78 valence electrons. The highest BCUT2D eigenvalue weighted by molar-refractivity contribution is 9.10. The predicted molar refractivity (Wildman–Crippen MR) is 52.7 cm³/mol. The van der Waals surface area contributed by atoms with Gasteiger partial charge in [-0.25, -0.2) is 4.39 Å². The number of halogens is 2. The topological polar surface area (TPSA) is 49.7 Å². The Hall–Kier alpha value is -0.650. The van der Waals surface area contributed by atoms with Crippen LogP contribution in [0.5, 0.6) is 5.75 Å². The van der Waals surface area contributed by atoms with Crippen molar-refractivity contribution in [1.82, 2.24) is 0 Å². The van der Waals surface area contributed by atoms with Gasteiger partial charge in [0.1, 0.15) is 24.3 Å². The van der Waals surface area contributed by atoms with Crippen molar-refractivity contribution in [1.29, 1.82) is 0 Å². The molecule has 1 aromatic carbocycles. The number of ether oxygens (including phenoxy) is 1. The summed E-state index contributed by atoms with van der Waals surface area (Å²) in [5, 5.41) is 17.5. The number of benzene rings is 1. The van der Waals surface area contributed by atoms with E-state index >= 15 is 0 Å². The summed E-state index contributed by atoms with van der Waals surface area (Å²) >= 11 is 3.11. The van der Waals surface area contributed by atoms with E-state index in [4.69, 9.17) is 14.9 Å². The van der Waals surface area contributed by atoms with Crippen LogP contribution in [-0.4, -0.2) is 29.5 Å². The summed E-state index contributed by atoms with van der Waals surface area (Å²) in [5.74, 6) is 0.0610. The monoisotopic (exact) mass is 264 g/mol. The first-order valence-corrected chi connectivity index (χ1v) is 4.79. The number of aliphatic hydroxyl groups excluding tert-OH is 2. The summed E-state index contributed by atoms with van der Waals surface area (Å²) in [4.78, 5) is 0. The van der Waals surface area contributed by atoms with Gasteiger partial charge in [0.2, 0.25) is 0 Å². The molecule has 1 rings (SSSR count). The fourth-order valence-corrected chi connectivity index (χ4v) is 1.30.